The first-order chi connectivity index (χ1) is 4.83. The topological polar surface area (TPSA) is 18.5 Å². The minimum absolute atomic E-state index is 0.300. The Hall–Kier alpha value is 0.330. The van der Waals surface area contributed by atoms with Crippen LogP contribution in [0.3, 0.4) is 0 Å². The second kappa shape index (κ2) is 3.64. The molecule has 0 unspecified atom stereocenters. The van der Waals surface area contributed by atoms with Gasteiger partial charge in [0.2, 0.25) is 0 Å². The molecular weight excluding hydrogens is 203 g/mol. The standard InChI is InChI=1S/C6H10BrFO2/c7-1-6(2-8)3-9-5-10-4-6/h1-5H2. The van der Waals surface area contributed by atoms with Crippen molar-refractivity contribution >= 4 is 15.9 Å². The molecule has 0 radical (unpaired) electrons. The monoisotopic (exact) mass is 212 g/mol. The van der Waals surface area contributed by atoms with Gasteiger partial charge in [0.1, 0.15) is 13.5 Å². The number of hydrogen-bond donors (Lipinski definition) is 0. The Morgan fingerprint density at radius 2 is 2.00 bits per heavy atom. The van der Waals surface area contributed by atoms with Crippen LogP contribution in [0, 0.1) is 5.41 Å². The lowest BCUT2D eigenvalue weighted by Crippen LogP contribution is -2.40. The zero-order valence-electron chi connectivity index (χ0n) is 5.61. The Labute approximate surface area is 67.8 Å². The average molecular weight is 213 g/mol. The highest BCUT2D eigenvalue weighted by Crippen LogP contribution is 2.24. The quantitative estimate of drug-likeness (QED) is 0.644. The van der Waals surface area contributed by atoms with E-state index in [2.05, 4.69) is 15.9 Å². The zero-order chi connectivity index (χ0) is 7.45. The van der Waals surface area contributed by atoms with E-state index in [1.54, 1.807) is 0 Å². The Kier molecular flexibility index (Phi) is 3.07. The summed E-state index contributed by atoms with van der Waals surface area (Å²) in [6, 6.07) is 0. The maximum Gasteiger partial charge on any atom is 0.146 e. The lowest BCUT2D eigenvalue weighted by atomic mass is 9.95. The van der Waals surface area contributed by atoms with Gasteiger partial charge in [-0.1, -0.05) is 15.9 Å². The van der Waals surface area contributed by atoms with Crippen molar-refractivity contribution in [3.63, 3.8) is 0 Å². The van der Waals surface area contributed by atoms with E-state index in [4.69, 9.17) is 9.47 Å². The van der Waals surface area contributed by atoms with Gasteiger partial charge in [-0.25, -0.2) is 0 Å². The van der Waals surface area contributed by atoms with Gasteiger partial charge in [0.25, 0.3) is 0 Å². The van der Waals surface area contributed by atoms with Crippen LogP contribution in [0.4, 0.5) is 4.39 Å². The van der Waals surface area contributed by atoms with Gasteiger partial charge in [0, 0.05) is 5.33 Å². The Balaban J connectivity index is 2.44. The highest BCUT2D eigenvalue weighted by atomic mass is 79.9. The minimum Gasteiger partial charge on any atom is -0.355 e. The number of hydrogen-bond acceptors (Lipinski definition) is 2. The first kappa shape index (κ1) is 8.43. The number of alkyl halides is 2. The van der Waals surface area contributed by atoms with Gasteiger partial charge >= 0.3 is 0 Å². The van der Waals surface area contributed by atoms with Crippen molar-refractivity contribution in [2.45, 2.75) is 0 Å². The third-order valence-corrected chi connectivity index (χ3v) is 2.74. The highest BCUT2D eigenvalue weighted by Gasteiger charge is 2.32. The van der Waals surface area contributed by atoms with Crippen molar-refractivity contribution in [2.24, 2.45) is 5.41 Å². The number of rotatable bonds is 2. The van der Waals surface area contributed by atoms with Crippen LogP contribution in [-0.4, -0.2) is 32.0 Å². The number of ether oxygens (including phenoxy) is 2. The molecule has 0 spiro atoms. The van der Waals surface area contributed by atoms with E-state index in [-0.39, 0.29) is 0 Å². The van der Waals surface area contributed by atoms with E-state index in [1.807, 2.05) is 0 Å². The molecule has 2 nitrogen and oxygen atoms in total. The van der Waals surface area contributed by atoms with Gasteiger partial charge in [-0.05, 0) is 0 Å². The molecule has 60 valence electrons. The lowest BCUT2D eigenvalue weighted by molar-refractivity contribution is -0.161. The molecule has 1 fully saturated rings. The molecule has 4 heteroatoms. The van der Waals surface area contributed by atoms with Crippen LogP contribution in [0.2, 0.25) is 0 Å². The van der Waals surface area contributed by atoms with Gasteiger partial charge in [-0.2, -0.15) is 0 Å². The molecule has 1 aliphatic heterocycles. The third kappa shape index (κ3) is 1.68. The van der Waals surface area contributed by atoms with Crippen LogP contribution < -0.4 is 0 Å². The summed E-state index contributed by atoms with van der Waals surface area (Å²) < 4.78 is 22.3. The lowest BCUT2D eigenvalue weighted by Gasteiger charge is -2.32. The molecule has 0 aliphatic carbocycles. The highest BCUT2D eigenvalue weighted by molar-refractivity contribution is 9.09. The summed E-state index contributed by atoms with van der Waals surface area (Å²) in [6.07, 6.45) is 0. The van der Waals surface area contributed by atoms with E-state index in [0.29, 0.717) is 25.3 Å². The average Bonchev–Trinajstić information content (AvgIpc) is 2.06. The fourth-order valence-corrected chi connectivity index (χ4v) is 1.28. The van der Waals surface area contributed by atoms with Crippen molar-refractivity contribution in [1.29, 1.82) is 0 Å². The van der Waals surface area contributed by atoms with Gasteiger partial charge < -0.3 is 9.47 Å². The van der Waals surface area contributed by atoms with Crippen LogP contribution in [-0.2, 0) is 9.47 Å². The predicted octanol–water partition coefficient (Wildman–Crippen LogP) is 1.34. The van der Waals surface area contributed by atoms with Gasteiger partial charge in [0.15, 0.2) is 0 Å². The Morgan fingerprint density at radius 3 is 2.30 bits per heavy atom. The van der Waals surface area contributed by atoms with E-state index in [0.717, 1.165) is 0 Å². The van der Waals surface area contributed by atoms with Crippen molar-refractivity contribution in [3.8, 4) is 0 Å². The van der Waals surface area contributed by atoms with Crippen molar-refractivity contribution < 1.29 is 13.9 Å². The molecule has 0 aromatic rings. The smallest absolute Gasteiger partial charge is 0.146 e. The molecule has 10 heavy (non-hydrogen) atoms. The van der Waals surface area contributed by atoms with Crippen molar-refractivity contribution in [1.82, 2.24) is 0 Å². The Bertz CT molecular complexity index is 97.9. The summed E-state index contributed by atoms with van der Waals surface area (Å²) in [5, 5.41) is 0.594. The van der Waals surface area contributed by atoms with E-state index in [1.165, 1.54) is 0 Å². The van der Waals surface area contributed by atoms with Crippen LogP contribution in [0.15, 0.2) is 0 Å². The molecule has 0 aromatic heterocycles. The molecule has 0 bridgehead atoms. The number of halogens is 2. The summed E-state index contributed by atoms with van der Waals surface area (Å²) >= 11 is 3.23. The maximum absolute atomic E-state index is 12.3. The summed E-state index contributed by atoms with van der Waals surface area (Å²) in [4.78, 5) is 0. The van der Waals surface area contributed by atoms with Crippen molar-refractivity contribution in [3.05, 3.63) is 0 Å². The Morgan fingerprint density at radius 1 is 1.40 bits per heavy atom. The van der Waals surface area contributed by atoms with Crippen LogP contribution >= 0.6 is 15.9 Å². The first-order valence-electron chi connectivity index (χ1n) is 3.10. The van der Waals surface area contributed by atoms with Crippen LogP contribution in [0.1, 0.15) is 0 Å². The maximum atomic E-state index is 12.3. The largest absolute Gasteiger partial charge is 0.355 e. The molecule has 0 saturated carbocycles. The molecule has 0 atom stereocenters. The molecule has 1 aliphatic rings. The van der Waals surface area contributed by atoms with Gasteiger partial charge in [-0.15, -0.1) is 0 Å². The molecule has 1 heterocycles. The fourth-order valence-electron chi connectivity index (χ4n) is 0.807. The second-order valence-corrected chi connectivity index (χ2v) is 3.14. The molecular formula is C6H10BrFO2. The first-order valence-corrected chi connectivity index (χ1v) is 4.22. The third-order valence-electron chi connectivity index (χ3n) is 1.55. The summed E-state index contributed by atoms with van der Waals surface area (Å²) in [6.45, 7) is 0.816. The molecule has 0 aromatic carbocycles. The molecule has 0 amide bonds. The predicted molar refractivity (Wildman–Crippen MR) is 39.0 cm³/mol. The normalized spacial score (nSPS) is 24.6. The summed E-state index contributed by atoms with van der Waals surface area (Å²) in [7, 11) is 0. The van der Waals surface area contributed by atoms with Crippen LogP contribution in [0.5, 0.6) is 0 Å². The summed E-state index contributed by atoms with van der Waals surface area (Å²) in [5.41, 5.74) is -0.432. The molecule has 0 N–H and O–H groups in total. The fraction of sp³-hybridized carbons (Fsp3) is 1.00. The zero-order valence-corrected chi connectivity index (χ0v) is 7.19. The van der Waals surface area contributed by atoms with Crippen molar-refractivity contribution in [2.75, 3.05) is 32.0 Å². The molecule has 1 saturated heterocycles. The van der Waals surface area contributed by atoms with Crippen LogP contribution in [0.25, 0.3) is 0 Å². The van der Waals surface area contributed by atoms with Gasteiger partial charge in [-0.3, -0.25) is 4.39 Å². The van der Waals surface area contributed by atoms with E-state index < -0.39 is 12.1 Å². The van der Waals surface area contributed by atoms with E-state index in [9.17, 15) is 4.39 Å². The molecule has 1 rings (SSSR count). The second-order valence-electron chi connectivity index (χ2n) is 2.58. The summed E-state index contributed by atoms with van der Waals surface area (Å²) in [5.74, 6) is 0. The minimum atomic E-state index is -0.432. The SMILES string of the molecule is FCC1(CBr)COCOC1. The van der Waals surface area contributed by atoms with E-state index >= 15 is 0 Å². The van der Waals surface area contributed by atoms with Gasteiger partial charge in [0.05, 0.1) is 18.6 Å².